The number of carbonyl (C=O) groups is 1. The van der Waals surface area contributed by atoms with Gasteiger partial charge >= 0.3 is 5.97 Å². The molecular weight excluding hydrogens is 312 g/mol. The summed E-state index contributed by atoms with van der Waals surface area (Å²) >= 11 is 3.36. The number of rotatable bonds is 5. The first-order valence-corrected chi connectivity index (χ1v) is 7.06. The van der Waals surface area contributed by atoms with Crippen molar-refractivity contribution < 1.29 is 19.4 Å². The van der Waals surface area contributed by atoms with Crippen LogP contribution >= 0.6 is 15.9 Å². The number of aliphatic hydroxyl groups is 1. The van der Waals surface area contributed by atoms with Gasteiger partial charge in [-0.05, 0) is 25.5 Å². The molecule has 1 aliphatic rings. The third-order valence-corrected chi connectivity index (χ3v) is 3.84. The molecule has 0 amide bonds. The summed E-state index contributed by atoms with van der Waals surface area (Å²) in [5, 5.41) is 10.3. The van der Waals surface area contributed by atoms with E-state index in [0.29, 0.717) is 24.3 Å². The highest BCUT2D eigenvalue weighted by molar-refractivity contribution is 9.10. The number of aliphatic hydroxyl groups excluding tert-OH is 1. The van der Waals surface area contributed by atoms with Crippen molar-refractivity contribution >= 4 is 21.9 Å². The smallest absolute Gasteiger partial charge is 0.309 e. The van der Waals surface area contributed by atoms with Gasteiger partial charge in [0, 0.05) is 16.0 Å². The summed E-state index contributed by atoms with van der Waals surface area (Å²) in [5.74, 6) is 0.136. The van der Waals surface area contributed by atoms with E-state index in [0.717, 1.165) is 4.47 Å². The minimum absolute atomic E-state index is 0.0749. The molecule has 3 unspecified atom stereocenters. The van der Waals surface area contributed by atoms with Gasteiger partial charge in [-0.3, -0.25) is 4.79 Å². The molecule has 1 aromatic rings. The minimum atomic E-state index is -0.697. The maximum absolute atomic E-state index is 11.6. The Balaban J connectivity index is 2.09. The maximum atomic E-state index is 11.6. The van der Waals surface area contributed by atoms with Crippen molar-refractivity contribution in [2.75, 3.05) is 13.7 Å². The molecule has 0 spiro atoms. The average molecular weight is 329 g/mol. The van der Waals surface area contributed by atoms with Gasteiger partial charge in [0.2, 0.25) is 0 Å². The van der Waals surface area contributed by atoms with Crippen molar-refractivity contribution in [1.82, 2.24) is 0 Å². The van der Waals surface area contributed by atoms with Gasteiger partial charge in [-0.15, -0.1) is 0 Å². The molecule has 1 aliphatic carbocycles. The number of halogens is 1. The Kier molecular flexibility index (Phi) is 4.47. The summed E-state index contributed by atoms with van der Waals surface area (Å²) in [6.07, 6.45) is -0.0309. The number of benzene rings is 1. The zero-order chi connectivity index (χ0) is 14.0. The van der Waals surface area contributed by atoms with Gasteiger partial charge in [0.1, 0.15) is 5.75 Å². The van der Waals surface area contributed by atoms with E-state index in [2.05, 4.69) is 15.9 Å². The van der Waals surface area contributed by atoms with Crippen LogP contribution in [-0.2, 0) is 9.53 Å². The first-order valence-electron chi connectivity index (χ1n) is 6.26. The fourth-order valence-corrected chi connectivity index (χ4v) is 2.58. The maximum Gasteiger partial charge on any atom is 0.309 e. The molecule has 104 valence electrons. The Hall–Kier alpha value is -1.07. The Morgan fingerprint density at radius 2 is 2.32 bits per heavy atom. The summed E-state index contributed by atoms with van der Waals surface area (Å²) in [6, 6.07) is 5.47. The Morgan fingerprint density at radius 3 is 2.95 bits per heavy atom. The van der Waals surface area contributed by atoms with E-state index in [4.69, 9.17) is 9.47 Å². The lowest BCUT2D eigenvalue weighted by atomic mass is 10.0. The number of hydrogen-bond donors (Lipinski definition) is 1. The second-order valence-electron chi connectivity index (χ2n) is 4.59. The van der Waals surface area contributed by atoms with Crippen LogP contribution in [0.25, 0.3) is 0 Å². The monoisotopic (exact) mass is 328 g/mol. The zero-order valence-electron chi connectivity index (χ0n) is 10.9. The Morgan fingerprint density at radius 1 is 1.58 bits per heavy atom. The van der Waals surface area contributed by atoms with Gasteiger partial charge in [0.05, 0.1) is 25.7 Å². The van der Waals surface area contributed by atoms with Crippen LogP contribution in [0.2, 0.25) is 0 Å². The number of esters is 1. The van der Waals surface area contributed by atoms with Crippen LogP contribution < -0.4 is 4.74 Å². The molecule has 4 nitrogen and oxygen atoms in total. The van der Waals surface area contributed by atoms with Crippen molar-refractivity contribution in [3.8, 4) is 5.75 Å². The third-order valence-electron chi connectivity index (χ3n) is 3.35. The van der Waals surface area contributed by atoms with Crippen molar-refractivity contribution in [3.05, 3.63) is 28.2 Å². The molecule has 1 aromatic carbocycles. The fraction of sp³-hybridized carbons (Fsp3) is 0.500. The summed E-state index contributed by atoms with van der Waals surface area (Å²) in [5.41, 5.74) is 0.711. The van der Waals surface area contributed by atoms with Crippen LogP contribution in [0.3, 0.4) is 0 Å². The van der Waals surface area contributed by atoms with Crippen molar-refractivity contribution in [2.24, 2.45) is 11.8 Å². The molecule has 5 heteroatoms. The van der Waals surface area contributed by atoms with Crippen LogP contribution in [0.5, 0.6) is 5.75 Å². The van der Waals surface area contributed by atoms with Crippen LogP contribution in [0.15, 0.2) is 22.7 Å². The molecule has 1 saturated carbocycles. The lowest BCUT2D eigenvalue weighted by molar-refractivity contribution is -0.145. The average Bonchev–Trinajstić information content (AvgIpc) is 3.18. The molecule has 0 bridgehead atoms. The molecule has 1 N–H and O–H groups in total. The molecule has 3 atom stereocenters. The molecule has 0 heterocycles. The van der Waals surface area contributed by atoms with Crippen molar-refractivity contribution in [3.63, 3.8) is 0 Å². The second kappa shape index (κ2) is 5.92. The van der Waals surface area contributed by atoms with Gasteiger partial charge in [-0.2, -0.15) is 0 Å². The summed E-state index contributed by atoms with van der Waals surface area (Å²) in [7, 11) is 1.56. The van der Waals surface area contributed by atoms with Gasteiger partial charge in [0.15, 0.2) is 0 Å². The predicted octanol–water partition coefficient (Wildman–Crippen LogP) is 2.69. The number of carbonyl (C=O) groups excluding carboxylic acids is 1. The van der Waals surface area contributed by atoms with Crippen molar-refractivity contribution in [2.45, 2.75) is 19.4 Å². The van der Waals surface area contributed by atoms with Gasteiger partial charge in [0.25, 0.3) is 0 Å². The number of ether oxygens (including phenoxy) is 2. The van der Waals surface area contributed by atoms with Gasteiger partial charge < -0.3 is 14.6 Å². The van der Waals surface area contributed by atoms with E-state index in [-0.39, 0.29) is 17.8 Å². The largest absolute Gasteiger partial charge is 0.496 e. The standard InChI is InChI=1S/C14H17BrO4/c1-3-19-14(17)11-7-10(11)13(16)9-5-4-8(15)6-12(9)18-2/h4-6,10-11,13,16H,3,7H2,1-2H3. The van der Waals surface area contributed by atoms with E-state index in [1.165, 1.54) is 0 Å². The minimum Gasteiger partial charge on any atom is -0.496 e. The van der Waals surface area contributed by atoms with E-state index in [9.17, 15) is 9.90 Å². The summed E-state index contributed by atoms with van der Waals surface area (Å²) < 4.78 is 11.1. The topological polar surface area (TPSA) is 55.8 Å². The van der Waals surface area contributed by atoms with Crippen LogP contribution in [-0.4, -0.2) is 24.8 Å². The Bertz CT molecular complexity index is 475. The van der Waals surface area contributed by atoms with E-state index < -0.39 is 6.10 Å². The zero-order valence-corrected chi connectivity index (χ0v) is 12.5. The van der Waals surface area contributed by atoms with E-state index in [1.54, 1.807) is 20.1 Å². The molecule has 19 heavy (non-hydrogen) atoms. The summed E-state index contributed by atoms with van der Waals surface area (Å²) in [6.45, 7) is 2.16. The first kappa shape index (κ1) is 14.3. The molecule has 0 aliphatic heterocycles. The van der Waals surface area contributed by atoms with Gasteiger partial charge in [-0.1, -0.05) is 22.0 Å². The van der Waals surface area contributed by atoms with E-state index in [1.807, 2.05) is 12.1 Å². The fourth-order valence-electron chi connectivity index (χ4n) is 2.24. The first-order chi connectivity index (χ1) is 9.08. The molecule has 1 fully saturated rings. The highest BCUT2D eigenvalue weighted by Gasteiger charge is 2.49. The Labute approximate surface area is 120 Å². The van der Waals surface area contributed by atoms with E-state index >= 15 is 0 Å². The molecular formula is C14H17BrO4. The second-order valence-corrected chi connectivity index (χ2v) is 5.50. The molecule has 2 rings (SSSR count). The third kappa shape index (κ3) is 3.09. The molecule has 0 radical (unpaired) electrons. The molecule has 0 aromatic heterocycles. The molecule has 0 saturated heterocycles. The summed E-state index contributed by atoms with van der Waals surface area (Å²) in [4.78, 5) is 11.6. The van der Waals surface area contributed by atoms with Crippen molar-refractivity contribution in [1.29, 1.82) is 0 Å². The lowest BCUT2D eigenvalue weighted by Gasteiger charge is -2.15. The van der Waals surface area contributed by atoms with Crippen LogP contribution in [0, 0.1) is 11.8 Å². The lowest BCUT2D eigenvalue weighted by Crippen LogP contribution is -2.11. The quantitative estimate of drug-likeness (QED) is 0.844. The number of methoxy groups -OCH3 is 1. The van der Waals surface area contributed by atoms with Crippen LogP contribution in [0.1, 0.15) is 25.0 Å². The van der Waals surface area contributed by atoms with Gasteiger partial charge in [-0.25, -0.2) is 0 Å². The highest BCUT2D eigenvalue weighted by atomic mass is 79.9. The van der Waals surface area contributed by atoms with Crippen LogP contribution in [0.4, 0.5) is 0 Å². The SMILES string of the molecule is CCOC(=O)C1CC1C(O)c1ccc(Br)cc1OC. The predicted molar refractivity (Wildman–Crippen MR) is 73.9 cm³/mol. The normalized spacial score (nSPS) is 22.7. The highest BCUT2D eigenvalue weighted by Crippen LogP contribution is 2.49. The number of hydrogen-bond acceptors (Lipinski definition) is 4.